The van der Waals surface area contributed by atoms with Gasteiger partial charge in [0.15, 0.2) is 0 Å². The Labute approximate surface area is 115 Å². The summed E-state index contributed by atoms with van der Waals surface area (Å²) in [5.74, 6) is -0.0398. The number of halogens is 1. The monoisotopic (exact) mass is 270 g/mol. The van der Waals surface area contributed by atoms with Crippen LogP contribution in [0, 0.1) is 17.1 Å². The van der Waals surface area contributed by atoms with E-state index in [4.69, 9.17) is 9.68 Å². The molecule has 0 atom stereocenters. The molecule has 1 N–H and O–H groups in total. The van der Waals surface area contributed by atoms with Gasteiger partial charge in [-0.3, -0.25) is 0 Å². The molecule has 0 spiro atoms. The molecular formula is C14H11FN4O. The quantitative estimate of drug-likeness (QED) is 0.684. The number of oxazole rings is 1. The van der Waals surface area contributed by atoms with Gasteiger partial charge in [-0.2, -0.15) is 15.3 Å². The standard InChI is InChI=1S/C14H11FN4O/c1-9(2)13-18-12(7-16)14(20-13)19-17-8-10-5-3-4-6-11(10)15/h3-6,8,19H,1H2,2H3. The molecule has 2 rings (SSSR count). The van der Waals surface area contributed by atoms with Crippen LogP contribution in [0.1, 0.15) is 24.1 Å². The van der Waals surface area contributed by atoms with Crippen molar-refractivity contribution in [1.29, 1.82) is 5.26 Å². The lowest BCUT2D eigenvalue weighted by molar-refractivity contribution is 0.554. The number of aromatic nitrogens is 1. The Bertz CT molecular complexity index is 712. The molecule has 1 aromatic carbocycles. The highest BCUT2D eigenvalue weighted by molar-refractivity contribution is 5.80. The number of hydrogen-bond acceptors (Lipinski definition) is 5. The summed E-state index contributed by atoms with van der Waals surface area (Å²) in [5, 5.41) is 12.7. The zero-order valence-electron chi connectivity index (χ0n) is 10.7. The summed E-state index contributed by atoms with van der Waals surface area (Å²) < 4.78 is 18.6. The zero-order chi connectivity index (χ0) is 14.5. The fourth-order valence-corrected chi connectivity index (χ4v) is 1.39. The van der Waals surface area contributed by atoms with Crippen LogP contribution >= 0.6 is 0 Å². The van der Waals surface area contributed by atoms with Crippen molar-refractivity contribution in [1.82, 2.24) is 4.98 Å². The maximum atomic E-state index is 13.4. The summed E-state index contributed by atoms with van der Waals surface area (Å²) in [6.07, 6.45) is 1.29. The Kier molecular flexibility index (Phi) is 3.91. The summed E-state index contributed by atoms with van der Waals surface area (Å²) in [7, 11) is 0. The van der Waals surface area contributed by atoms with Gasteiger partial charge in [0.05, 0.1) is 6.21 Å². The second-order valence-corrected chi connectivity index (χ2v) is 3.98. The SMILES string of the molecule is C=C(C)c1nc(C#N)c(NN=Cc2ccccc2F)o1. The van der Waals surface area contributed by atoms with Crippen LogP contribution in [0.3, 0.4) is 0 Å². The Balaban J connectivity index is 2.17. The first kappa shape index (κ1) is 13.5. The Morgan fingerprint density at radius 1 is 1.55 bits per heavy atom. The van der Waals surface area contributed by atoms with Crippen molar-refractivity contribution in [2.45, 2.75) is 6.92 Å². The number of nitrogens with one attached hydrogen (secondary N) is 1. The van der Waals surface area contributed by atoms with Crippen LogP contribution in [0.2, 0.25) is 0 Å². The van der Waals surface area contributed by atoms with E-state index >= 15 is 0 Å². The molecule has 2 aromatic rings. The van der Waals surface area contributed by atoms with Gasteiger partial charge >= 0.3 is 0 Å². The summed E-state index contributed by atoms with van der Waals surface area (Å²) in [5.41, 5.74) is 3.50. The van der Waals surface area contributed by atoms with Crippen molar-refractivity contribution in [3.8, 4) is 6.07 Å². The number of nitriles is 1. The van der Waals surface area contributed by atoms with Crippen molar-refractivity contribution in [2.24, 2.45) is 5.10 Å². The van der Waals surface area contributed by atoms with Crippen molar-refractivity contribution in [2.75, 3.05) is 5.43 Å². The molecule has 1 aromatic heterocycles. The van der Waals surface area contributed by atoms with Crippen LogP contribution in [0.5, 0.6) is 0 Å². The lowest BCUT2D eigenvalue weighted by Crippen LogP contribution is -1.93. The average molecular weight is 270 g/mol. The van der Waals surface area contributed by atoms with Gasteiger partial charge in [0.2, 0.25) is 11.6 Å². The number of allylic oxidation sites excluding steroid dienone is 1. The fraction of sp³-hybridized carbons (Fsp3) is 0.0714. The summed E-state index contributed by atoms with van der Waals surface area (Å²) in [4.78, 5) is 3.93. The lowest BCUT2D eigenvalue weighted by Gasteiger charge is -1.96. The normalized spacial score (nSPS) is 10.4. The van der Waals surface area contributed by atoms with Gasteiger partial charge < -0.3 is 4.42 Å². The molecule has 0 aliphatic rings. The summed E-state index contributed by atoms with van der Waals surface area (Å²) in [6, 6.07) is 8.06. The highest BCUT2D eigenvalue weighted by Gasteiger charge is 2.12. The first-order valence-electron chi connectivity index (χ1n) is 5.72. The topological polar surface area (TPSA) is 74.2 Å². The van der Waals surface area contributed by atoms with Crippen molar-refractivity contribution >= 4 is 17.7 Å². The zero-order valence-corrected chi connectivity index (χ0v) is 10.7. The minimum Gasteiger partial charge on any atom is -0.418 e. The van der Waals surface area contributed by atoms with Gasteiger partial charge in [0, 0.05) is 11.1 Å². The van der Waals surface area contributed by atoms with Gasteiger partial charge in [0.25, 0.3) is 5.88 Å². The fourth-order valence-electron chi connectivity index (χ4n) is 1.39. The molecule has 0 amide bonds. The number of nitrogens with zero attached hydrogens (tertiary/aromatic N) is 3. The molecule has 5 nitrogen and oxygen atoms in total. The van der Waals surface area contributed by atoms with E-state index in [9.17, 15) is 4.39 Å². The number of anilines is 1. The number of hydrazone groups is 1. The number of rotatable bonds is 4. The summed E-state index contributed by atoms with van der Waals surface area (Å²) in [6.45, 7) is 5.38. The maximum absolute atomic E-state index is 13.4. The highest BCUT2D eigenvalue weighted by atomic mass is 19.1. The first-order valence-corrected chi connectivity index (χ1v) is 5.72. The van der Waals surface area contributed by atoms with Crippen molar-refractivity contribution < 1.29 is 8.81 Å². The van der Waals surface area contributed by atoms with E-state index in [0.717, 1.165) is 0 Å². The molecule has 0 saturated heterocycles. The van der Waals surface area contributed by atoms with Gasteiger partial charge in [-0.05, 0) is 13.0 Å². The average Bonchev–Trinajstić information content (AvgIpc) is 2.84. The second kappa shape index (κ2) is 5.80. The van der Waals surface area contributed by atoms with Crippen LogP contribution in [0.25, 0.3) is 5.57 Å². The molecule has 100 valence electrons. The van der Waals surface area contributed by atoms with E-state index in [0.29, 0.717) is 11.1 Å². The molecule has 6 heteroatoms. The highest BCUT2D eigenvalue weighted by Crippen LogP contribution is 2.20. The molecule has 0 aliphatic heterocycles. The Morgan fingerprint density at radius 2 is 2.30 bits per heavy atom. The van der Waals surface area contributed by atoms with Gasteiger partial charge in [-0.1, -0.05) is 24.8 Å². The third kappa shape index (κ3) is 2.90. The van der Waals surface area contributed by atoms with Gasteiger partial charge in [0.1, 0.15) is 11.9 Å². The molecule has 1 heterocycles. The molecule has 20 heavy (non-hydrogen) atoms. The Morgan fingerprint density at radius 3 is 2.95 bits per heavy atom. The van der Waals surface area contributed by atoms with E-state index in [1.54, 1.807) is 25.1 Å². The lowest BCUT2D eigenvalue weighted by atomic mass is 10.2. The van der Waals surface area contributed by atoms with Crippen LogP contribution in [-0.2, 0) is 0 Å². The third-order valence-electron chi connectivity index (χ3n) is 2.37. The number of benzene rings is 1. The van der Waals surface area contributed by atoms with Gasteiger partial charge in [-0.15, -0.1) is 0 Å². The number of hydrogen-bond donors (Lipinski definition) is 1. The van der Waals surface area contributed by atoms with E-state index < -0.39 is 5.82 Å². The largest absolute Gasteiger partial charge is 0.418 e. The molecule has 0 bridgehead atoms. The minimum absolute atomic E-state index is 0.0636. The van der Waals surface area contributed by atoms with E-state index in [1.807, 2.05) is 6.07 Å². The van der Waals surface area contributed by atoms with Crippen molar-refractivity contribution in [3.05, 3.63) is 53.8 Å². The molecule has 0 fully saturated rings. The van der Waals surface area contributed by atoms with Crippen LogP contribution in [0.4, 0.5) is 10.3 Å². The molecule has 0 saturated carbocycles. The van der Waals surface area contributed by atoms with Crippen LogP contribution in [0.15, 0.2) is 40.4 Å². The van der Waals surface area contributed by atoms with Crippen LogP contribution in [-0.4, -0.2) is 11.2 Å². The molecular weight excluding hydrogens is 259 g/mol. The van der Waals surface area contributed by atoms with E-state index in [1.165, 1.54) is 12.3 Å². The minimum atomic E-state index is -0.390. The molecule has 0 radical (unpaired) electrons. The molecule has 0 aliphatic carbocycles. The van der Waals surface area contributed by atoms with Gasteiger partial charge in [-0.25, -0.2) is 9.82 Å². The smallest absolute Gasteiger partial charge is 0.252 e. The second-order valence-electron chi connectivity index (χ2n) is 3.98. The van der Waals surface area contributed by atoms with Crippen molar-refractivity contribution in [3.63, 3.8) is 0 Å². The third-order valence-corrected chi connectivity index (χ3v) is 2.37. The van der Waals surface area contributed by atoms with E-state index in [2.05, 4.69) is 22.1 Å². The predicted molar refractivity (Wildman–Crippen MR) is 73.5 cm³/mol. The van der Waals surface area contributed by atoms with Crippen LogP contribution < -0.4 is 5.43 Å². The molecule has 0 unspecified atom stereocenters. The maximum Gasteiger partial charge on any atom is 0.252 e. The van der Waals surface area contributed by atoms with E-state index in [-0.39, 0.29) is 17.5 Å². The Hall–Kier alpha value is -2.94. The predicted octanol–water partition coefficient (Wildman–Crippen LogP) is 3.16. The summed E-state index contributed by atoms with van der Waals surface area (Å²) >= 11 is 0. The first-order chi connectivity index (χ1) is 9.61.